The highest BCUT2D eigenvalue weighted by molar-refractivity contribution is 7.48. The molecule has 2 aliphatic rings. The highest BCUT2D eigenvalue weighted by Crippen LogP contribution is 2.56. The molecule has 0 saturated carbocycles. The first-order valence-electron chi connectivity index (χ1n) is 5.18. The molecule has 0 aromatic rings. The highest BCUT2D eigenvalue weighted by atomic mass is 31.2. The van der Waals surface area contributed by atoms with E-state index in [1.165, 1.54) is 0 Å². The second-order valence-electron chi connectivity index (χ2n) is 4.71. The molecule has 5 nitrogen and oxygen atoms in total. The zero-order valence-electron chi connectivity index (χ0n) is 9.10. The molecule has 2 heterocycles. The van der Waals surface area contributed by atoms with Gasteiger partial charge in [0.25, 0.3) is 0 Å². The zero-order valence-corrected chi connectivity index (χ0v) is 10.00. The van der Waals surface area contributed by atoms with E-state index >= 15 is 0 Å². The minimum Gasteiger partial charge on any atom is -0.352 e. The quantitative estimate of drug-likeness (QED) is 0.688. The Bertz CT molecular complexity index is 258. The molecule has 0 amide bonds. The van der Waals surface area contributed by atoms with Crippen LogP contribution in [-0.4, -0.2) is 26.1 Å². The van der Waals surface area contributed by atoms with E-state index in [2.05, 4.69) is 0 Å². The molecule has 0 radical (unpaired) electrons. The van der Waals surface area contributed by atoms with E-state index in [4.69, 9.17) is 18.3 Å². The molecule has 88 valence electrons. The third-order valence-corrected chi connectivity index (χ3v) is 3.75. The fraction of sp³-hybridized carbons (Fsp3) is 1.00. The maximum absolute atomic E-state index is 11.9. The molecule has 15 heavy (non-hydrogen) atoms. The third kappa shape index (κ3) is 3.02. The topological polar surface area (TPSA) is 54.0 Å². The van der Waals surface area contributed by atoms with Gasteiger partial charge in [-0.15, -0.1) is 0 Å². The van der Waals surface area contributed by atoms with Crippen LogP contribution >= 0.6 is 7.82 Å². The standard InChI is InChI=1S/C9H17O5P/c1-9(2)6-12-15(10,13-7-9)14-8-4-3-5-11-8/h8H,3-7H2,1-2H3/t8-/m1/s1. The zero-order chi connectivity index (χ0) is 10.9. The molecule has 0 bridgehead atoms. The summed E-state index contributed by atoms with van der Waals surface area (Å²) < 4.78 is 32.7. The minimum absolute atomic E-state index is 0.103. The van der Waals surface area contributed by atoms with Crippen molar-refractivity contribution in [3.05, 3.63) is 0 Å². The van der Waals surface area contributed by atoms with E-state index in [9.17, 15) is 4.57 Å². The van der Waals surface area contributed by atoms with Gasteiger partial charge in [0.2, 0.25) is 0 Å². The summed E-state index contributed by atoms with van der Waals surface area (Å²) in [4.78, 5) is 0. The van der Waals surface area contributed by atoms with Crippen molar-refractivity contribution in [3.8, 4) is 0 Å². The van der Waals surface area contributed by atoms with Gasteiger partial charge < -0.3 is 4.74 Å². The van der Waals surface area contributed by atoms with Gasteiger partial charge >= 0.3 is 7.82 Å². The molecular formula is C9H17O5P. The maximum Gasteiger partial charge on any atom is 0.477 e. The van der Waals surface area contributed by atoms with E-state index < -0.39 is 14.1 Å². The molecule has 0 aliphatic carbocycles. The molecule has 6 heteroatoms. The van der Waals surface area contributed by atoms with Crippen molar-refractivity contribution in [1.82, 2.24) is 0 Å². The van der Waals surface area contributed by atoms with Crippen LogP contribution in [0.25, 0.3) is 0 Å². The molecule has 0 aromatic carbocycles. The normalized spacial score (nSPS) is 34.1. The average molecular weight is 236 g/mol. The van der Waals surface area contributed by atoms with E-state index in [1.54, 1.807) is 0 Å². The first-order valence-corrected chi connectivity index (χ1v) is 6.64. The van der Waals surface area contributed by atoms with Crippen LogP contribution in [0.4, 0.5) is 0 Å². The molecule has 2 fully saturated rings. The number of ether oxygens (including phenoxy) is 1. The Labute approximate surface area is 89.7 Å². The molecule has 2 aliphatic heterocycles. The van der Waals surface area contributed by atoms with Gasteiger partial charge in [-0.05, 0) is 6.42 Å². The van der Waals surface area contributed by atoms with Gasteiger partial charge in [0.1, 0.15) is 0 Å². The second-order valence-corrected chi connectivity index (χ2v) is 6.33. The smallest absolute Gasteiger partial charge is 0.352 e. The predicted octanol–water partition coefficient (Wildman–Crippen LogP) is 2.32. The first-order chi connectivity index (χ1) is 6.99. The first kappa shape index (κ1) is 11.6. The van der Waals surface area contributed by atoms with E-state index in [0.29, 0.717) is 19.8 Å². The molecule has 0 spiro atoms. The second kappa shape index (κ2) is 4.15. The Balaban J connectivity index is 1.88. The van der Waals surface area contributed by atoms with Gasteiger partial charge in [0.05, 0.1) is 13.2 Å². The summed E-state index contributed by atoms with van der Waals surface area (Å²) in [6.45, 7) is 5.40. The fourth-order valence-corrected chi connectivity index (χ4v) is 3.09. The van der Waals surface area contributed by atoms with E-state index in [0.717, 1.165) is 12.8 Å². The lowest BCUT2D eigenvalue weighted by molar-refractivity contribution is -0.0844. The van der Waals surface area contributed by atoms with Crippen molar-refractivity contribution in [2.75, 3.05) is 19.8 Å². The van der Waals surface area contributed by atoms with Gasteiger partial charge in [0.15, 0.2) is 6.29 Å². The summed E-state index contributed by atoms with van der Waals surface area (Å²) in [6, 6.07) is 0. The van der Waals surface area contributed by atoms with Crippen molar-refractivity contribution in [2.45, 2.75) is 33.0 Å². The lowest BCUT2D eigenvalue weighted by Gasteiger charge is -2.33. The van der Waals surface area contributed by atoms with Crippen LogP contribution in [0.3, 0.4) is 0 Å². The van der Waals surface area contributed by atoms with Crippen molar-refractivity contribution in [3.63, 3.8) is 0 Å². The van der Waals surface area contributed by atoms with Crippen LogP contribution in [0.1, 0.15) is 26.7 Å². The summed E-state index contributed by atoms with van der Waals surface area (Å²) in [5, 5.41) is 0. The van der Waals surface area contributed by atoms with Gasteiger partial charge in [-0.25, -0.2) is 4.57 Å². The van der Waals surface area contributed by atoms with Crippen LogP contribution in [-0.2, 0) is 22.9 Å². The monoisotopic (exact) mass is 236 g/mol. The largest absolute Gasteiger partial charge is 0.477 e. The fourth-order valence-electron chi connectivity index (χ4n) is 1.42. The van der Waals surface area contributed by atoms with Gasteiger partial charge in [0, 0.05) is 18.4 Å². The Morgan fingerprint density at radius 3 is 2.53 bits per heavy atom. The van der Waals surface area contributed by atoms with Crippen LogP contribution in [0.5, 0.6) is 0 Å². The third-order valence-electron chi connectivity index (χ3n) is 2.36. The van der Waals surface area contributed by atoms with Crippen molar-refractivity contribution >= 4 is 7.82 Å². The summed E-state index contributed by atoms with van der Waals surface area (Å²) in [6.07, 6.45) is 1.24. The summed E-state index contributed by atoms with van der Waals surface area (Å²) in [5.41, 5.74) is -0.103. The Kier molecular flexibility index (Phi) is 3.20. The summed E-state index contributed by atoms with van der Waals surface area (Å²) in [5.74, 6) is 0. The van der Waals surface area contributed by atoms with Crippen LogP contribution in [0, 0.1) is 5.41 Å². The van der Waals surface area contributed by atoms with E-state index in [1.807, 2.05) is 13.8 Å². The lowest BCUT2D eigenvalue weighted by Crippen LogP contribution is -2.30. The molecule has 0 unspecified atom stereocenters. The van der Waals surface area contributed by atoms with Gasteiger partial charge in [-0.1, -0.05) is 13.8 Å². The van der Waals surface area contributed by atoms with Gasteiger partial charge in [-0.3, -0.25) is 13.6 Å². The van der Waals surface area contributed by atoms with Gasteiger partial charge in [-0.2, -0.15) is 0 Å². The highest BCUT2D eigenvalue weighted by Gasteiger charge is 2.40. The minimum atomic E-state index is -3.37. The Morgan fingerprint density at radius 1 is 1.33 bits per heavy atom. The summed E-state index contributed by atoms with van der Waals surface area (Å²) >= 11 is 0. The molecular weight excluding hydrogens is 219 g/mol. The van der Waals surface area contributed by atoms with Crippen LogP contribution < -0.4 is 0 Å². The molecule has 0 aromatic heterocycles. The van der Waals surface area contributed by atoms with Crippen LogP contribution in [0.15, 0.2) is 0 Å². The molecule has 2 rings (SSSR count). The molecule has 0 N–H and O–H groups in total. The molecule has 1 atom stereocenters. The number of hydrogen-bond donors (Lipinski definition) is 0. The average Bonchev–Trinajstić information content (AvgIpc) is 2.64. The SMILES string of the molecule is CC1(C)COP(=O)(O[C@@H]2CCCO2)OC1. The predicted molar refractivity (Wildman–Crippen MR) is 53.4 cm³/mol. The lowest BCUT2D eigenvalue weighted by atomic mass is 9.97. The number of phosphoric ester groups is 1. The number of hydrogen-bond acceptors (Lipinski definition) is 5. The van der Waals surface area contributed by atoms with E-state index in [-0.39, 0.29) is 5.41 Å². The van der Waals surface area contributed by atoms with Crippen molar-refractivity contribution < 1.29 is 22.9 Å². The maximum atomic E-state index is 11.9. The number of phosphoric acid groups is 1. The Morgan fingerprint density at radius 2 is 2.00 bits per heavy atom. The summed E-state index contributed by atoms with van der Waals surface area (Å²) in [7, 11) is -3.37. The Hall–Kier alpha value is 0.0700. The van der Waals surface area contributed by atoms with Crippen LogP contribution in [0.2, 0.25) is 0 Å². The van der Waals surface area contributed by atoms with Crippen molar-refractivity contribution in [2.24, 2.45) is 5.41 Å². The molecule has 2 saturated heterocycles. The van der Waals surface area contributed by atoms with Crippen molar-refractivity contribution in [1.29, 1.82) is 0 Å². The number of rotatable bonds is 2.